The summed E-state index contributed by atoms with van der Waals surface area (Å²) in [5.74, 6) is 0. The summed E-state index contributed by atoms with van der Waals surface area (Å²) in [6, 6.07) is 19.5. The van der Waals surface area contributed by atoms with Crippen LogP contribution in [-0.4, -0.2) is 21.8 Å². The van der Waals surface area contributed by atoms with E-state index in [1.165, 1.54) is 39.9 Å². The van der Waals surface area contributed by atoms with Crippen molar-refractivity contribution in [3.05, 3.63) is 77.5 Å². The van der Waals surface area contributed by atoms with Crippen LogP contribution < -0.4 is 0 Å². The van der Waals surface area contributed by atoms with Crippen molar-refractivity contribution in [3.8, 4) is 0 Å². The van der Waals surface area contributed by atoms with Gasteiger partial charge in [0.2, 0.25) is 5.69 Å². The van der Waals surface area contributed by atoms with Crippen LogP contribution in [0.25, 0.3) is 17.0 Å². The molecule has 2 aromatic carbocycles. The van der Waals surface area contributed by atoms with E-state index in [1.54, 1.807) is 0 Å². The second kappa shape index (κ2) is 7.13. The number of para-hydroxylation sites is 2. The van der Waals surface area contributed by atoms with E-state index in [1.807, 2.05) is 12.3 Å². The van der Waals surface area contributed by atoms with Crippen molar-refractivity contribution in [2.45, 2.75) is 32.1 Å². The molecule has 0 amide bonds. The van der Waals surface area contributed by atoms with Gasteiger partial charge in [-0.3, -0.25) is 4.98 Å². The number of hydrogen-bond donors (Lipinski definition) is 0. The summed E-state index contributed by atoms with van der Waals surface area (Å²) in [5, 5.41) is 1.20. The summed E-state index contributed by atoms with van der Waals surface area (Å²) in [4.78, 5) is 4.64. The number of benzene rings is 2. The topological polar surface area (TPSA) is 15.9 Å². The minimum absolute atomic E-state index is 0.0487. The predicted molar refractivity (Wildman–Crippen MR) is 122 cm³/mol. The van der Waals surface area contributed by atoms with Gasteiger partial charge in [0.1, 0.15) is 6.54 Å². The standard InChI is InChI=1S/C24H23N2.F6P/c1-24(2)20-10-4-6-12-22(20)26-13-7-9-19(23(24)26)15-17-14-18-8-3-5-11-21(18)25-16-17;1-7(2,3,4,5)6/h3-6,8,10-12,14-16H,7,9,13H2,1-2H3;/q+1;-1. The quantitative estimate of drug-likeness (QED) is 0.191. The number of fused-ring (bicyclic) bond motifs is 3. The van der Waals surface area contributed by atoms with E-state index in [4.69, 9.17) is 0 Å². The molecule has 0 bridgehead atoms. The minimum atomic E-state index is -10.7. The first-order valence-electron chi connectivity index (χ1n) is 10.5. The van der Waals surface area contributed by atoms with E-state index in [0.29, 0.717) is 0 Å². The Labute approximate surface area is 187 Å². The Kier molecular flexibility index (Phi) is 5.06. The third-order valence-electron chi connectivity index (χ3n) is 5.81. The van der Waals surface area contributed by atoms with E-state index in [-0.39, 0.29) is 5.41 Å². The first-order valence-corrected chi connectivity index (χ1v) is 12.5. The van der Waals surface area contributed by atoms with Gasteiger partial charge in [-0.1, -0.05) is 36.4 Å². The fourth-order valence-corrected chi connectivity index (χ4v) is 4.68. The van der Waals surface area contributed by atoms with Crippen molar-refractivity contribution >= 4 is 36.2 Å². The zero-order valence-electron chi connectivity index (χ0n) is 18.1. The Morgan fingerprint density at radius 1 is 0.939 bits per heavy atom. The van der Waals surface area contributed by atoms with Crippen LogP contribution in [0.5, 0.6) is 0 Å². The average Bonchev–Trinajstić information content (AvgIpc) is 2.94. The zero-order valence-corrected chi connectivity index (χ0v) is 19.0. The number of aromatic nitrogens is 1. The molecule has 0 atom stereocenters. The fourth-order valence-electron chi connectivity index (χ4n) is 4.68. The van der Waals surface area contributed by atoms with E-state index >= 15 is 0 Å². The Hall–Kier alpha value is -2.73. The molecule has 1 aromatic heterocycles. The van der Waals surface area contributed by atoms with Crippen LogP contribution in [0.2, 0.25) is 0 Å². The van der Waals surface area contributed by atoms with Gasteiger partial charge in [-0.05, 0) is 44.0 Å². The van der Waals surface area contributed by atoms with Gasteiger partial charge >= 0.3 is 33.0 Å². The molecule has 3 aromatic rings. The van der Waals surface area contributed by atoms with Gasteiger partial charge in [0, 0.05) is 35.2 Å². The van der Waals surface area contributed by atoms with Crippen molar-refractivity contribution in [1.29, 1.82) is 0 Å². The monoisotopic (exact) mass is 484 g/mol. The van der Waals surface area contributed by atoms with Crippen molar-refractivity contribution in [3.63, 3.8) is 0 Å². The third-order valence-corrected chi connectivity index (χ3v) is 5.81. The first kappa shape index (κ1) is 23.4. The van der Waals surface area contributed by atoms with Crippen LogP contribution in [0.1, 0.15) is 37.8 Å². The second-order valence-corrected chi connectivity index (χ2v) is 10.8. The van der Waals surface area contributed by atoms with Gasteiger partial charge in [0.05, 0.1) is 10.9 Å². The van der Waals surface area contributed by atoms with Gasteiger partial charge in [0.15, 0.2) is 5.71 Å². The summed E-state index contributed by atoms with van der Waals surface area (Å²) in [6.45, 7) is 5.83. The van der Waals surface area contributed by atoms with Crippen molar-refractivity contribution < 1.29 is 29.8 Å². The summed E-state index contributed by atoms with van der Waals surface area (Å²) in [6.07, 6.45) is 6.69. The van der Waals surface area contributed by atoms with E-state index in [2.05, 4.69) is 78.0 Å². The van der Waals surface area contributed by atoms with Crippen molar-refractivity contribution in [1.82, 2.24) is 4.98 Å². The molecule has 0 saturated carbocycles. The summed E-state index contributed by atoms with van der Waals surface area (Å²) in [5.41, 5.74) is 8.05. The Bertz CT molecular complexity index is 1300. The van der Waals surface area contributed by atoms with E-state index < -0.39 is 7.81 Å². The van der Waals surface area contributed by atoms with Gasteiger partial charge in [0.25, 0.3) is 0 Å². The van der Waals surface area contributed by atoms with E-state index in [9.17, 15) is 25.2 Å². The van der Waals surface area contributed by atoms with Gasteiger partial charge in [-0.15, -0.1) is 0 Å². The SMILES string of the molecule is CC1(C)C2=[N+](CCC/C2=C\c2cnc3ccccc3c2)c2ccccc21.F[P-](F)(F)(F)(F)F. The third kappa shape index (κ3) is 5.61. The molecule has 2 nitrogen and oxygen atoms in total. The van der Waals surface area contributed by atoms with E-state index in [0.717, 1.165) is 18.5 Å². The number of allylic oxidation sites excluding steroid dienone is 1. The summed E-state index contributed by atoms with van der Waals surface area (Å²) >= 11 is 0. The Morgan fingerprint density at radius 2 is 1.58 bits per heavy atom. The molecule has 0 saturated heterocycles. The normalized spacial score (nSPS) is 20.4. The summed E-state index contributed by atoms with van der Waals surface area (Å²) < 4.78 is 61.7. The summed E-state index contributed by atoms with van der Waals surface area (Å²) in [7, 11) is -10.7. The molecule has 0 spiro atoms. The number of hydrogen-bond acceptors (Lipinski definition) is 1. The maximum absolute atomic E-state index is 10.7. The Morgan fingerprint density at radius 3 is 2.30 bits per heavy atom. The fraction of sp³-hybridized carbons (Fsp3) is 0.250. The number of halogens is 6. The molecule has 9 heteroatoms. The second-order valence-electron chi connectivity index (χ2n) is 8.84. The predicted octanol–water partition coefficient (Wildman–Crippen LogP) is 8.87. The van der Waals surface area contributed by atoms with Gasteiger partial charge < -0.3 is 0 Å². The van der Waals surface area contributed by atoms with Crippen molar-refractivity contribution in [2.24, 2.45) is 0 Å². The first-order chi connectivity index (χ1) is 15.1. The van der Waals surface area contributed by atoms with Crippen molar-refractivity contribution in [2.75, 3.05) is 6.54 Å². The van der Waals surface area contributed by atoms with Crippen LogP contribution in [0.4, 0.5) is 30.9 Å². The molecule has 33 heavy (non-hydrogen) atoms. The number of nitrogens with zero attached hydrogens (tertiary/aromatic N) is 2. The molecule has 0 aliphatic carbocycles. The van der Waals surface area contributed by atoms with Crippen LogP contribution >= 0.6 is 7.81 Å². The van der Waals surface area contributed by atoms with Crippen LogP contribution in [0, 0.1) is 0 Å². The van der Waals surface area contributed by atoms with Gasteiger partial charge in [-0.2, -0.15) is 4.58 Å². The maximum atomic E-state index is 9.87. The van der Waals surface area contributed by atoms with Crippen LogP contribution in [0.3, 0.4) is 0 Å². The van der Waals surface area contributed by atoms with Crippen LogP contribution in [-0.2, 0) is 5.41 Å². The Balaban J connectivity index is 0.000000325. The molecule has 3 heterocycles. The molecule has 5 rings (SSSR count). The molecule has 2 aliphatic heterocycles. The molecule has 176 valence electrons. The average molecular weight is 484 g/mol. The molecule has 0 radical (unpaired) electrons. The molecule has 0 N–H and O–H groups in total. The van der Waals surface area contributed by atoms with Gasteiger partial charge in [-0.25, -0.2) is 0 Å². The van der Waals surface area contributed by atoms with Crippen LogP contribution in [0.15, 0.2) is 66.4 Å². The number of rotatable bonds is 1. The molecule has 0 unspecified atom stereocenters. The molecular formula is C24H23F6N2P. The number of pyridine rings is 1. The molecular weight excluding hydrogens is 461 g/mol. The molecule has 0 fully saturated rings. The molecule has 2 aliphatic rings. The zero-order chi connectivity index (χ0) is 24.1.